The number of alkyl halides is 3. The van der Waals surface area contributed by atoms with Gasteiger partial charge in [-0.3, -0.25) is 4.79 Å². The highest BCUT2D eigenvalue weighted by Gasteiger charge is 2.48. The van der Waals surface area contributed by atoms with Gasteiger partial charge in [0.2, 0.25) is 5.95 Å². The summed E-state index contributed by atoms with van der Waals surface area (Å²) in [5, 5.41) is 0.745. The number of imidazole rings is 1. The van der Waals surface area contributed by atoms with Crippen LogP contribution in [-0.4, -0.2) is 21.8 Å². The first-order valence-corrected chi connectivity index (χ1v) is 9.52. The minimum absolute atomic E-state index is 0.228. The predicted molar refractivity (Wildman–Crippen MR) is 106 cm³/mol. The van der Waals surface area contributed by atoms with E-state index in [1.807, 2.05) is 0 Å². The van der Waals surface area contributed by atoms with Gasteiger partial charge < -0.3 is 9.30 Å². The lowest BCUT2D eigenvalue weighted by molar-refractivity contribution is -0.274. The molecule has 1 aromatic heterocycles. The molecule has 4 rings (SSSR count). The lowest BCUT2D eigenvalue weighted by Crippen LogP contribution is -2.40. The van der Waals surface area contributed by atoms with Crippen LogP contribution >= 0.6 is 23.2 Å². The third kappa shape index (κ3) is 3.73. The van der Waals surface area contributed by atoms with Gasteiger partial charge in [0.1, 0.15) is 11.3 Å². The maximum absolute atomic E-state index is 13.4. The van der Waals surface area contributed by atoms with Gasteiger partial charge in [-0.15, -0.1) is 13.2 Å². The Morgan fingerprint density at radius 3 is 2.33 bits per heavy atom. The van der Waals surface area contributed by atoms with E-state index in [1.165, 1.54) is 29.2 Å². The molecule has 0 N–H and O–H groups in total. The zero-order chi connectivity index (χ0) is 21.7. The number of carbonyl (C=O) groups excluding carboxylic acids is 1. The minimum atomic E-state index is -4.76. The quantitative estimate of drug-likeness (QED) is 0.498. The number of hydrogen-bond donors (Lipinski definition) is 0. The number of halogens is 5. The van der Waals surface area contributed by atoms with Crippen LogP contribution in [0.4, 0.5) is 24.8 Å². The van der Waals surface area contributed by atoms with Crippen LogP contribution < -0.4 is 9.64 Å². The summed E-state index contributed by atoms with van der Waals surface area (Å²) >= 11 is 12.2. The van der Waals surface area contributed by atoms with Gasteiger partial charge in [-0.1, -0.05) is 35.3 Å². The lowest BCUT2D eigenvalue weighted by atomic mass is 9.92. The molecule has 1 aliphatic rings. The molecule has 0 fully saturated rings. The number of hydrogen-bond acceptors (Lipinski definition) is 3. The average Bonchev–Trinajstić information content (AvgIpc) is 3.17. The van der Waals surface area contributed by atoms with Crippen LogP contribution in [0.2, 0.25) is 10.0 Å². The third-order valence-electron chi connectivity index (χ3n) is 4.83. The SMILES string of the molecule is C[C@@]1(Cc2ccc(OC(F)(F)F)cc2)C(=O)N([13c]2[13cH][13c](Cl)[13cH][13c](Cl)[13cH]2)c2nccn21. The number of rotatable bonds is 4. The fourth-order valence-electron chi connectivity index (χ4n) is 3.55. The van der Waals surface area contributed by atoms with Crippen LogP contribution in [0.3, 0.4) is 0 Å². The molecule has 0 saturated carbocycles. The highest BCUT2D eigenvalue weighted by Crippen LogP contribution is 2.42. The van der Waals surface area contributed by atoms with E-state index in [-0.39, 0.29) is 18.1 Å². The van der Waals surface area contributed by atoms with Gasteiger partial charge in [0.05, 0.1) is 5.69 Å². The summed E-state index contributed by atoms with van der Waals surface area (Å²) in [6, 6.07) is 10.2. The van der Waals surface area contributed by atoms with E-state index in [9.17, 15) is 18.0 Å². The number of amides is 1. The molecule has 10 heteroatoms. The molecule has 0 radical (unpaired) electrons. The van der Waals surface area contributed by atoms with E-state index >= 15 is 0 Å². The highest BCUT2D eigenvalue weighted by molar-refractivity contribution is 6.35. The first kappa shape index (κ1) is 20.6. The number of aromatic nitrogens is 2. The topological polar surface area (TPSA) is 47.4 Å². The van der Waals surface area contributed by atoms with E-state index in [2.05, 4.69) is 9.72 Å². The van der Waals surface area contributed by atoms with Crippen molar-refractivity contribution < 1.29 is 22.7 Å². The zero-order valence-corrected chi connectivity index (χ0v) is 17.0. The Morgan fingerprint density at radius 1 is 1.10 bits per heavy atom. The lowest BCUT2D eigenvalue weighted by Gasteiger charge is -2.25. The second kappa shape index (κ2) is 7.21. The van der Waals surface area contributed by atoms with E-state index in [1.54, 1.807) is 42.1 Å². The summed E-state index contributed by atoms with van der Waals surface area (Å²) in [6.45, 7) is 1.74. The Labute approximate surface area is 179 Å². The molecule has 0 saturated heterocycles. The predicted octanol–water partition coefficient (Wildman–Crippen LogP) is 5.72. The molecule has 2 aromatic carbocycles. The van der Waals surface area contributed by atoms with Crippen molar-refractivity contribution in [3.05, 3.63) is 70.5 Å². The van der Waals surface area contributed by atoms with Crippen molar-refractivity contribution in [2.75, 3.05) is 4.90 Å². The molecule has 2 heterocycles. The molecule has 0 bridgehead atoms. The Hall–Kier alpha value is -2.71. The fourth-order valence-corrected chi connectivity index (χ4v) is 4.06. The molecule has 0 unspecified atom stereocenters. The van der Waals surface area contributed by atoms with Gasteiger partial charge in [-0.25, -0.2) is 9.88 Å². The summed E-state index contributed by atoms with van der Waals surface area (Å²) in [5.74, 6) is -0.190. The molecule has 30 heavy (non-hydrogen) atoms. The molecule has 1 aliphatic heterocycles. The van der Waals surface area contributed by atoms with Crippen LogP contribution in [0.25, 0.3) is 0 Å². The largest absolute Gasteiger partial charge is 0.573 e. The number of fused-ring (bicyclic) bond motifs is 1. The molecule has 5 nitrogen and oxygen atoms in total. The first-order chi connectivity index (χ1) is 14.1. The molecule has 0 spiro atoms. The molecular formula is C20H14Cl2F3N3O2. The summed E-state index contributed by atoms with van der Waals surface area (Å²) < 4.78 is 42.7. The summed E-state index contributed by atoms with van der Waals surface area (Å²) in [4.78, 5) is 19.2. The maximum Gasteiger partial charge on any atom is 0.573 e. The van der Waals surface area contributed by atoms with Crippen molar-refractivity contribution in [2.24, 2.45) is 0 Å². The van der Waals surface area contributed by atoms with Gasteiger partial charge in [0.15, 0.2) is 0 Å². The Balaban J connectivity index is 1.66. The van der Waals surface area contributed by atoms with E-state index in [0.29, 0.717) is 27.2 Å². The number of benzene rings is 2. The standard InChI is InChI=1S/C20H14Cl2F3N3O2/c1-19(11-12-2-4-16(5-3-12)30-20(23,24)25)17(29)28(18-26-6-7-27(18)19)15-9-13(21)8-14(22)10-15/h2-10H,11H2,1H3/t19-/m1/s1/i8+1,9+1,10+1,13+1,14+1,15+1. The van der Waals surface area contributed by atoms with Crippen molar-refractivity contribution in [2.45, 2.75) is 25.2 Å². The monoisotopic (exact) mass is 461 g/mol. The van der Waals surface area contributed by atoms with Crippen molar-refractivity contribution >= 4 is 40.7 Å². The van der Waals surface area contributed by atoms with Crippen LogP contribution in [0, 0.1) is 0 Å². The molecule has 156 valence electrons. The zero-order valence-electron chi connectivity index (χ0n) is 15.5. The van der Waals surface area contributed by atoms with Crippen molar-refractivity contribution in [3.63, 3.8) is 0 Å². The number of nitrogens with zero attached hydrogens (tertiary/aromatic N) is 3. The van der Waals surface area contributed by atoms with Crippen LogP contribution in [0.5, 0.6) is 5.75 Å². The number of anilines is 2. The Bertz CT molecular complexity index is 1090. The number of carbonyl (C=O) groups is 1. The molecular weight excluding hydrogens is 448 g/mol. The number of ether oxygens (including phenoxy) is 1. The van der Waals surface area contributed by atoms with E-state index in [4.69, 9.17) is 23.2 Å². The fraction of sp³-hybridized carbons (Fsp3) is 0.200. The Morgan fingerprint density at radius 2 is 1.73 bits per heavy atom. The van der Waals surface area contributed by atoms with Crippen molar-refractivity contribution in [1.82, 2.24) is 9.55 Å². The minimum Gasteiger partial charge on any atom is -0.406 e. The van der Waals surface area contributed by atoms with Crippen LogP contribution in [0.1, 0.15) is 12.5 Å². The first-order valence-electron chi connectivity index (χ1n) is 8.76. The second-order valence-corrected chi connectivity index (χ2v) is 7.88. The van der Waals surface area contributed by atoms with Crippen molar-refractivity contribution in [1.29, 1.82) is 0 Å². The van der Waals surface area contributed by atoms with Gasteiger partial charge in [0.25, 0.3) is 5.91 Å². The third-order valence-corrected chi connectivity index (χ3v) is 5.26. The Kier molecular flexibility index (Phi) is 4.94. The highest BCUT2D eigenvalue weighted by atomic mass is 35.5. The van der Waals surface area contributed by atoms with Gasteiger partial charge in [0, 0.05) is 28.9 Å². The average molecular weight is 462 g/mol. The maximum atomic E-state index is 13.4. The van der Waals surface area contributed by atoms with Crippen molar-refractivity contribution in [3.8, 4) is 5.75 Å². The summed E-state index contributed by atoms with van der Waals surface area (Å²) in [6.07, 6.45) is -1.29. The van der Waals surface area contributed by atoms with Gasteiger partial charge in [-0.2, -0.15) is 0 Å². The summed E-state index contributed by atoms with van der Waals surface area (Å²) in [5.41, 5.74) is 0.0844. The smallest absolute Gasteiger partial charge is 0.406 e. The molecule has 1 amide bonds. The second-order valence-electron chi connectivity index (χ2n) is 7.01. The van der Waals surface area contributed by atoms with Gasteiger partial charge >= 0.3 is 6.36 Å². The van der Waals surface area contributed by atoms with Crippen LogP contribution in [-0.2, 0) is 16.8 Å². The normalized spacial score (nSPS) is 18.6. The van der Waals surface area contributed by atoms with Crippen LogP contribution in [0.15, 0.2) is 54.9 Å². The van der Waals surface area contributed by atoms with E-state index < -0.39 is 11.9 Å². The summed E-state index contributed by atoms with van der Waals surface area (Å²) in [7, 11) is 0. The van der Waals surface area contributed by atoms with E-state index in [0.717, 1.165) is 0 Å². The molecule has 1 atom stereocenters. The molecule has 0 aliphatic carbocycles. The molecule has 3 aromatic rings. The van der Waals surface area contributed by atoms with Gasteiger partial charge in [-0.05, 0) is 42.8 Å².